The van der Waals surface area contributed by atoms with E-state index in [1.165, 1.54) is 13.8 Å². The number of aliphatic hydroxyl groups excluding tert-OH is 1. The third-order valence-electron chi connectivity index (χ3n) is 2.47. The molecule has 1 aromatic rings. The summed E-state index contributed by atoms with van der Waals surface area (Å²) in [6.07, 6.45) is -0.673. The van der Waals surface area contributed by atoms with Crippen molar-refractivity contribution in [1.82, 2.24) is 0 Å². The molecule has 0 radical (unpaired) electrons. The maximum atomic E-state index is 11.4. The molecule has 1 rings (SSSR count). The average Bonchev–Trinajstić information content (AvgIpc) is 2.35. The molecule has 0 aliphatic heterocycles. The number of rotatable bonds is 6. The molecule has 0 bridgehead atoms. The molecule has 18 heavy (non-hydrogen) atoms. The van der Waals surface area contributed by atoms with Gasteiger partial charge in [0.2, 0.25) is 0 Å². The first kappa shape index (κ1) is 14.7. The largest absolute Gasteiger partial charge is 0.390 e. The summed E-state index contributed by atoms with van der Waals surface area (Å²) in [7, 11) is 0. The Morgan fingerprint density at radius 1 is 1.22 bits per heavy atom. The Balaban J connectivity index is 2.96. The minimum Gasteiger partial charge on any atom is -0.390 e. The third kappa shape index (κ3) is 4.13. The molecule has 1 aromatic carbocycles. The zero-order valence-electron chi connectivity index (χ0n) is 10.4. The van der Waals surface area contributed by atoms with Crippen LogP contribution in [-0.2, 0) is 0 Å². The maximum absolute atomic E-state index is 11.4. The van der Waals surface area contributed by atoms with Gasteiger partial charge >= 0.3 is 0 Å². The Bertz CT molecular complexity index is 427. The van der Waals surface area contributed by atoms with E-state index in [1.54, 1.807) is 18.2 Å². The topological polar surface area (TPSA) is 66.4 Å². The highest BCUT2D eigenvalue weighted by molar-refractivity contribution is 6.18. The van der Waals surface area contributed by atoms with Crippen LogP contribution in [0.4, 0.5) is 5.69 Å². The van der Waals surface area contributed by atoms with Crippen molar-refractivity contribution in [3.63, 3.8) is 0 Å². The van der Waals surface area contributed by atoms with Crippen LogP contribution >= 0.6 is 11.6 Å². The third-order valence-corrected chi connectivity index (χ3v) is 2.82. The van der Waals surface area contributed by atoms with Crippen LogP contribution in [-0.4, -0.2) is 35.2 Å². The number of hydrogen-bond donors (Lipinski definition) is 2. The Hall–Kier alpha value is -1.39. The number of benzene rings is 1. The summed E-state index contributed by atoms with van der Waals surface area (Å²) >= 11 is 5.48. The number of ketones is 2. The number of carbonyl (C=O) groups excluding carboxylic acids is 2. The molecule has 0 saturated heterocycles. The van der Waals surface area contributed by atoms with Crippen molar-refractivity contribution >= 4 is 28.9 Å². The first-order chi connectivity index (χ1) is 8.43. The van der Waals surface area contributed by atoms with Crippen molar-refractivity contribution < 1.29 is 14.7 Å². The highest BCUT2D eigenvalue weighted by Gasteiger charge is 2.09. The van der Waals surface area contributed by atoms with E-state index < -0.39 is 6.10 Å². The lowest BCUT2D eigenvalue weighted by molar-refractivity contribution is 0.101. The van der Waals surface area contributed by atoms with Gasteiger partial charge in [-0.2, -0.15) is 0 Å². The molecular formula is C13H16ClNO3. The van der Waals surface area contributed by atoms with E-state index in [1.807, 2.05) is 0 Å². The molecule has 0 fully saturated rings. The molecule has 0 amide bonds. The van der Waals surface area contributed by atoms with Crippen LogP contribution in [0.5, 0.6) is 0 Å². The van der Waals surface area contributed by atoms with Crippen molar-refractivity contribution in [3.8, 4) is 0 Å². The van der Waals surface area contributed by atoms with Crippen molar-refractivity contribution in [2.75, 3.05) is 17.7 Å². The van der Waals surface area contributed by atoms with E-state index in [9.17, 15) is 14.7 Å². The zero-order chi connectivity index (χ0) is 13.7. The zero-order valence-corrected chi connectivity index (χ0v) is 11.1. The summed E-state index contributed by atoms with van der Waals surface area (Å²) in [6.45, 7) is 3.15. The smallest absolute Gasteiger partial charge is 0.159 e. The van der Waals surface area contributed by atoms with Crippen molar-refractivity contribution in [3.05, 3.63) is 29.3 Å². The van der Waals surface area contributed by atoms with Crippen LogP contribution in [0, 0.1) is 0 Å². The molecular weight excluding hydrogens is 254 g/mol. The first-order valence-electron chi connectivity index (χ1n) is 5.59. The van der Waals surface area contributed by atoms with Gasteiger partial charge in [-0.05, 0) is 32.0 Å². The second kappa shape index (κ2) is 6.52. The normalized spacial score (nSPS) is 12.0. The Labute approximate surface area is 111 Å². The number of alkyl halides is 1. The monoisotopic (exact) mass is 269 g/mol. The van der Waals surface area contributed by atoms with Gasteiger partial charge in [0.15, 0.2) is 11.6 Å². The number of nitrogens with one attached hydrogen (secondary N) is 1. The minimum absolute atomic E-state index is 0.112. The van der Waals surface area contributed by atoms with Crippen LogP contribution in [0.3, 0.4) is 0 Å². The number of halogens is 1. The first-order valence-corrected chi connectivity index (χ1v) is 6.12. The fourth-order valence-electron chi connectivity index (χ4n) is 1.43. The van der Waals surface area contributed by atoms with Crippen molar-refractivity contribution in [2.45, 2.75) is 20.0 Å². The van der Waals surface area contributed by atoms with Crippen LogP contribution in [0.25, 0.3) is 0 Å². The molecule has 1 atom stereocenters. The SMILES string of the molecule is CC(=O)c1cc(NCC(O)CCl)cc(C(C)=O)c1. The minimum atomic E-state index is -0.673. The Kier molecular flexibility index (Phi) is 5.31. The molecule has 0 spiro atoms. The second-order valence-corrected chi connectivity index (χ2v) is 4.41. The lowest BCUT2D eigenvalue weighted by atomic mass is 10.0. The van der Waals surface area contributed by atoms with Gasteiger partial charge in [-0.3, -0.25) is 9.59 Å². The van der Waals surface area contributed by atoms with Gasteiger partial charge in [-0.1, -0.05) is 0 Å². The number of anilines is 1. The van der Waals surface area contributed by atoms with E-state index >= 15 is 0 Å². The standard InChI is InChI=1S/C13H16ClNO3/c1-8(16)10-3-11(9(2)17)5-12(4-10)15-7-13(18)6-14/h3-5,13,15,18H,6-7H2,1-2H3. The van der Waals surface area contributed by atoms with Gasteiger partial charge in [0.1, 0.15) is 0 Å². The molecule has 0 saturated carbocycles. The number of hydrogen-bond acceptors (Lipinski definition) is 4. The number of Topliss-reactive ketones (excluding diaryl/α,β-unsaturated/α-hetero) is 2. The van der Waals surface area contributed by atoms with Crippen molar-refractivity contribution in [1.29, 1.82) is 0 Å². The van der Waals surface area contributed by atoms with Gasteiger partial charge < -0.3 is 10.4 Å². The van der Waals surface area contributed by atoms with E-state index in [0.717, 1.165) is 0 Å². The van der Waals surface area contributed by atoms with E-state index in [-0.39, 0.29) is 24.0 Å². The summed E-state index contributed by atoms with van der Waals surface area (Å²) in [5.74, 6) is -0.100. The lowest BCUT2D eigenvalue weighted by Crippen LogP contribution is -2.21. The molecule has 0 aromatic heterocycles. The summed E-state index contributed by atoms with van der Waals surface area (Å²) in [4.78, 5) is 22.7. The van der Waals surface area contributed by atoms with Gasteiger partial charge in [0.25, 0.3) is 0 Å². The van der Waals surface area contributed by atoms with Crippen LogP contribution < -0.4 is 5.32 Å². The van der Waals surface area contributed by atoms with Gasteiger partial charge in [0, 0.05) is 23.4 Å². The van der Waals surface area contributed by atoms with Gasteiger partial charge in [-0.25, -0.2) is 0 Å². The predicted molar refractivity (Wildman–Crippen MR) is 71.7 cm³/mol. The predicted octanol–water partition coefficient (Wildman–Crippen LogP) is 2.10. The van der Waals surface area contributed by atoms with Crippen LogP contribution in [0.15, 0.2) is 18.2 Å². The Morgan fingerprint density at radius 3 is 2.11 bits per heavy atom. The second-order valence-electron chi connectivity index (χ2n) is 4.10. The quantitative estimate of drug-likeness (QED) is 0.613. The summed E-state index contributed by atoms with van der Waals surface area (Å²) in [5, 5.41) is 12.3. The molecule has 4 nitrogen and oxygen atoms in total. The summed E-state index contributed by atoms with van der Waals surface area (Å²) < 4.78 is 0. The van der Waals surface area contributed by atoms with Crippen molar-refractivity contribution in [2.24, 2.45) is 0 Å². The summed E-state index contributed by atoms with van der Waals surface area (Å²) in [5.41, 5.74) is 1.55. The molecule has 98 valence electrons. The van der Waals surface area contributed by atoms with E-state index in [2.05, 4.69) is 5.32 Å². The number of carbonyl (C=O) groups is 2. The maximum Gasteiger partial charge on any atom is 0.159 e. The Morgan fingerprint density at radius 2 is 1.72 bits per heavy atom. The van der Waals surface area contributed by atoms with E-state index in [0.29, 0.717) is 16.8 Å². The van der Waals surface area contributed by atoms with E-state index in [4.69, 9.17) is 11.6 Å². The fourth-order valence-corrected chi connectivity index (χ4v) is 1.54. The average molecular weight is 270 g/mol. The van der Waals surface area contributed by atoms with Crippen LogP contribution in [0.1, 0.15) is 34.6 Å². The summed E-state index contributed by atoms with van der Waals surface area (Å²) in [6, 6.07) is 4.86. The molecule has 0 aliphatic rings. The lowest BCUT2D eigenvalue weighted by Gasteiger charge is -2.12. The molecule has 0 aliphatic carbocycles. The molecule has 5 heteroatoms. The highest BCUT2D eigenvalue weighted by Crippen LogP contribution is 2.16. The number of aliphatic hydroxyl groups is 1. The molecule has 2 N–H and O–H groups in total. The molecule has 1 unspecified atom stereocenters. The molecule has 0 heterocycles. The van der Waals surface area contributed by atoms with Gasteiger partial charge in [0.05, 0.1) is 12.0 Å². The van der Waals surface area contributed by atoms with Gasteiger partial charge in [-0.15, -0.1) is 11.6 Å². The fraction of sp³-hybridized carbons (Fsp3) is 0.385. The van der Waals surface area contributed by atoms with Crippen LogP contribution in [0.2, 0.25) is 0 Å². The highest BCUT2D eigenvalue weighted by atomic mass is 35.5.